The molecule has 0 N–H and O–H groups in total. The van der Waals surface area contributed by atoms with E-state index in [0.717, 1.165) is 0 Å². The molecule has 0 radical (unpaired) electrons. The van der Waals surface area contributed by atoms with Crippen molar-refractivity contribution in [3.8, 4) is 0 Å². The summed E-state index contributed by atoms with van der Waals surface area (Å²) < 4.78 is 44.1. The first-order valence-electron chi connectivity index (χ1n) is 8.99. The molecular weight excluding hydrogens is 349 g/mol. The van der Waals surface area contributed by atoms with E-state index in [1.165, 1.54) is 0 Å². The first kappa shape index (κ1) is 19.9. The first-order chi connectivity index (χ1) is 11.8. The molecule has 0 atom stereocenters. The van der Waals surface area contributed by atoms with E-state index in [1.807, 2.05) is 27.7 Å². The van der Waals surface area contributed by atoms with Gasteiger partial charge in [0, 0.05) is 0 Å². The Hall–Kier alpha value is 0.110. The van der Waals surface area contributed by atoms with Crippen molar-refractivity contribution in [3.05, 3.63) is 0 Å². The van der Waals surface area contributed by atoms with Gasteiger partial charge in [-0.25, -0.2) is 0 Å². The Morgan fingerprint density at radius 3 is 1.36 bits per heavy atom. The number of hydrogen-bond donors (Lipinski definition) is 0. The number of ether oxygens (including phenoxy) is 3. The molecule has 0 unspecified atom stereocenters. The van der Waals surface area contributed by atoms with Gasteiger partial charge in [0.25, 0.3) is 0 Å². The minimum atomic E-state index is -3.87. The maximum atomic E-state index is 6.44. The summed E-state index contributed by atoms with van der Waals surface area (Å²) in [6.45, 7) is 13.2. The Kier molecular flexibility index (Phi) is 5.77. The fourth-order valence-electron chi connectivity index (χ4n) is 3.53. The van der Waals surface area contributed by atoms with Gasteiger partial charge in [-0.15, -0.1) is 0 Å². The third-order valence-electron chi connectivity index (χ3n) is 4.20. The average molecular weight is 381 g/mol. The van der Waals surface area contributed by atoms with Gasteiger partial charge in [0.2, 0.25) is 0 Å². The van der Waals surface area contributed by atoms with Crippen molar-refractivity contribution in [2.24, 2.45) is 0 Å². The molecule has 8 nitrogen and oxygen atoms in total. The van der Waals surface area contributed by atoms with Crippen LogP contribution < -0.4 is 0 Å². The molecule has 0 bridgehead atoms. The zero-order valence-corrected chi connectivity index (χ0v) is 16.7. The molecule has 0 aliphatic carbocycles. The van der Waals surface area contributed by atoms with E-state index in [2.05, 4.69) is 4.67 Å². The Bertz CT molecular complexity index is 435. The average Bonchev–Trinajstić information content (AvgIpc) is 2.82. The molecule has 148 valence electrons. The Morgan fingerprint density at radius 2 is 0.960 bits per heavy atom. The van der Waals surface area contributed by atoms with Crippen LogP contribution in [-0.2, 0) is 32.3 Å². The summed E-state index contributed by atoms with van der Waals surface area (Å²) in [7, 11) is -3.87. The van der Waals surface area contributed by atoms with Crippen molar-refractivity contribution >= 4 is 7.66 Å². The molecule has 1 spiro atoms. The molecule has 3 fully saturated rings. The summed E-state index contributed by atoms with van der Waals surface area (Å²) >= 11 is 0. The van der Waals surface area contributed by atoms with Crippen LogP contribution in [0.1, 0.15) is 27.7 Å². The quantitative estimate of drug-likeness (QED) is 0.591. The topological polar surface area (TPSA) is 67.9 Å². The van der Waals surface area contributed by atoms with Crippen LogP contribution in [-0.4, -0.2) is 81.8 Å². The second-order valence-corrected chi connectivity index (χ2v) is 10.8. The van der Waals surface area contributed by atoms with Gasteiger partial charge >= 0.3 is 149 Å². The SMILES string of the molecule is CC1(C)CN2CC(C)(C)OP23(OCCOCCOCCOCCO3)O1. The summed E-state index contributed by atoms with van der Waals surface area (Å²) in [6.07, 6.45) is 0. The summed E-state index contributed by atoms with van der Waals surface area (Å²) in [5.74, 6) is 0. The molecule has 0 aromatic carbocycles. The van der Waals surface area contributed by atoms with Crippen molar-refractivity contribution in [1.82, 2.24) is 4.67 Å². The summed E-state index contributed by atoms with van der Waals surface area (Å²) in [5.41, 5.74) is -0.815. The molecule has 3 saturated heterocycles. The molecule has 0 aromatic rings. The van der Waals surface area contributed by atoms with Crippen molar-refractivity contribution < 1.29 is 32.3 Å². The van der Waals surface area contributed by atoms with Gasteiger partial charge in [0.15, 0.2) is 0 Å². The van der Waals surface area contributed by atoms with Gasteiger partial charge in [-0.3, -0.25) is 0 Å². The zero-order valence-electron chi connectivity index (χ0n) is 15.8. The van der Waals surface area contributed by atoms with Crippen LogP contribution in [0.5, 0.6) is 0 Å². The predicted octanol–water partition coefficient (Wildman–Crippen LogP) is 2.13. The fraction of sp³-hybridized carbons (Fsp3) is 1.00. The van der Waals surface area contributed by atoms with Crippen LogP contribution >= 0.6 is 7.66 Å². The van der Waals surface area contributed by atoms with Crippen LogP contribution in [0, 0.1) is 0 Å². The first-order valence-corrected chi connectivity index (χ1v) is 10.8. The molecule has 0 aromatic heterocycles. The Balaban J connectivity index is 1.81. The molecule has 9 heteroatoms. The van der Waals surface area contributed by atoms with Gasteiger partial charge < -0.3 is 0 Å². The standard InChI is InChI=1S/C16H32NO7P/c1-15(2)13-17-14-16(3,4)24-25(17,23-15)21-11-9-19-7-5-18-6-8-20-10-12-22-25/h5-14H2,1-4H3. The fourth-order valence-corrected chi connectivity index (χ4v) is 8.08. The van der Waals surface area contributed by atoms with Crippen LogP contribution in [0.3, 0.4) is 0 Å². The minimum absolute atomic E-state index is 0.335. The molecule has 0 saturated carbocycles. The molecule has 3 rings (SSSR count). The number of rotatable bonds is 0. The van der Waals surface area contributed by atoms with E-state index >= 15 is 0 Å². The summed E-state index contributed by atoms with van der Waals surface area (Å²) in [4.78, 5) is 0. The van der Waals surface area contributed by atoms with Gasteiger partial charge in [-0.2, -0.15) is 0 Å². The van der Waals surface area contributed by atoms with Crippen molar-refractivity contribution in [1.29, 1.82) is 0 Å². The van der Waals surface area contributed by atoms with Crippen LogP contribution in [0.4, 0.5) is 0 Å². The Morgan fingerprint density at radius 1 is 0.600 bits per heavy atom. The molecule has 3 aliphatic heterocycles. The molecule has 0 amide bonds. The van der Waals surface area contributed by atoms with Gasteiger partial charge in [-0.1, -0.05) is 0 Å². The second-order valence-electron chi connectivity index (χ2n) is 7.80. The van der Waals surface area contributed by atoms with E-state index in [4.69, 9.17) is 32.3 Å². The summed E-state index contributed by atoms with van der Waals surface area (Å²) in [5, 5.41) is 0. The number of nitrogens with zero attached hydrogens (tertiary/aromatic N) is 1. The molecular formula is C16H32NO7P. The predicted molar refractivity (Wildman–Crippen MR) is 93.2 cm³/mol. The van der Waals surface area contributed by atoms with Gasteiger partial charge in [0.05, 0.1) is 0 Å². The summed E-state index contributed by atoms with van der Waals surface area (Å²) in [6, 6.07) is 0. The number of hydrogen-bond acceptors (Lipinski definition) is 8. The Labute approximate surface area is 150 Å². The van der Waals surface area contributed by atoms with E-state index in [0.29, 0.717) is 65.9 Å². The third kappa shape index (κ3) is 4.34. The van der Waals surface area contributed by atoms with Crippen molar-refractivity contribution in [2.45, 2.75) is 38.9 Å². The normalized spacial score (nSPS) is 34.6. The van der Waals surface area contributed by atoms with E-state index in [1.54, 1.807) is 0 Å². The maximum absolute atomic E-state index is 6.44. The van der Waals surface area contributed by atoms with Gasteiger partial charge in [0.1, 0.15) is 0 Å². The molecule has 25 heavy (non-hydrogen) atoms. The third-order valence-corrected chi connectivity index (χ3v) is 8.24. The van der Waals surface area contributed by atoms with Crippen LogP contribution in [0.2, 0.25) is 0 Å². The van der Waals surface area contributed by atoms with E-state index in [9.17, 15) is 0 Å². The van der Waals surface area contributed by atoms with Crippen LogP contribution in [0.25, 0.3) is 0 Å². The monoisotopic (exact) mass is 381 g/mol. The van der Waals surface area contributed by atoms with E-state index in [-0.39, 0.29) is 0 Å². The van der Waals surface area contributed by atoms with Gasteiger partial charge in [-0.05, 0) is 0 Å². The van der Waals surface area contributed by atoms with Crippen molar-refractivity contribution in [3.63, 3.8) is 0 Å². The molecule has 3 aliphatic rings. The zero-order chi connectivity index (χ0) is 18.0. The molecule has 3 heterocycles. The van der Waals surface area contributed by atoms with Crippen molar-refractivity contribution in [2.75, 3.05) is 65.9 Å². The van der Waals surface area contributed by atoms with Crippen LogP contribution in [0.15, 0.2) is 0 Å². The second kappa shape index (κ2) is 7.26. The van der Waals surface area contributed by atoms with E-state index < -0.39 is 18.9 Å².